The van der Waals surface area contributed by atoms with Crippen molar-refractivity contribution in [2.24, 2.45) is 9.98 Å². The number of phenols is 2. The standard InChI is InChI=1S/C31H48N2O2Si2.2C2H4O2.Co/c1-20(2)26-16-24(36(5,6)7)14-22(30(26)34)18-32-28-12-11-13-29(28)33-19-23-15-25(37(8,9)10)17-27(21(3)4)31(23)35;2*1-2(3)4;/h14-21,28-29,34-35H,11-13H2,1-10H3;2*1H3,(H,3,4);/q;;;+2/p-2. The molecule has 46 heavy (non-hydrogen) atoms. The van der Waals surface area contributed by atoms with Gasteiger partial charge in [0.15, 0.2) is 0 Å². The number of rotatable bonds is 8. The van der Waals surface area contributed by atoms with Crippen LogP contribution in [-0.4, -0.2) is 62.8 Å². The summed E-state index contributed by atoms with van der Waals surface area (Å²) in [5.41, 5.74) is 3.64. The molecule has 3 rings (SSSR count). The number of aliphatic imine (C=N–C) groups is 2. The third kappa shape index (κ3) is 13.9. The third-order valence-corrected chi connectivity index (χ3v) is 11.6. The molecule has 1 fully saturated rings. The smallest absolute Gasteiger partial charge is 0.550 e. The molecule has 1 aliphatic rings. The molecule has 0 aromatic heterocycles. The number of aromatic hydroxyl groups is 2. The number of carboxylic acids is 2. The van der Waals surface area contributed by atoms with E-state index in [9.17, 15) is 10.2 Å². The molecule has 0 aliphatic heterocycles. The zero-order chi connectivity index (χ0) is 34.9. The fourth-order valence-corrected chi connectivity index (χ4v) is 7.28. The van der Waals surface area contributed by atoms with Gasteiger partial charge in [0.25, 0.3) is 0 Å². The van der Waals surface area contributed by atoms with E-state index in [0.29, 0.717) is 11.5 Å². The number of hydrogen-bond donors (Lipinski definition) is 2. The van der Waals surface area contributed by atoms with Crippen molar-refractivity contribution in [3.05, 3.63) is 46.5 Å². The molecule has 2 atom stereocenters. The minimum atomic E-state index is -1.54. The van der Waals surface area contributed by atoms with Crippen molar-refractivity contribution < 1.29 is 46.8 Å². The van der Waals surface area contributed by atoms with Crippen LogP contribution in [0.2, 0.25) is 39.3 Å². The number of carbonyl (C=O) groups excluding carboxylic acids is 2. The zero-order valence-corrected chi connectivity index (χ0v) is 32.7. The van der Waals surface area contributed by atoms with E-state index in [-0.39, 0.29) is 40.7 Å². The predicted octanol–water partition coefficient (Wildman–Crippen LogP) is 4.40. The summed E-state index contributed by atoms with van der Waals surface area (Å²) in [5.74, 6) is -0.952. The summed E-state index contributed by atoms with van der Waals surface area (Å²) >= 11 is 0. The van der Waals surface area contributed by atoms with Gasteiger partial charge >= 0.3 is 16.8 Å². The summed E-state index contributed by atoms with van der Waals surface area (Å²) in [5, 5.41) is 42.5. The molecule has 0 saturated heterocycles. The summed E-state index contributed by atoms with van der Waals surface area (Å²) in [7, 11) is -3.09. The third-order valence-electron chi connectivity index (χ3n) is 7.57. The first-order chi connectivity index (χ1) is 20.6. The number of benzene rings is 2. The Labute approximate surface area is 288 Å². The van der Waals surface area contributed by atoms with Gasteiger partial charge in [-0.1, -0.05) is 102 Å². The molecule has 2 aromatic carbocycles. The van der Waals surface area contributed by atoms with E-state index in [1.54, 1.807) is 0 Å². The van der Waals surface area contributed by atoms with Gasteiger partial charge in [0.05, 0.1) is 28.2 Å². The van der Waals surface area contributed by atoms with Crippen LogP contribution in [0, 0.1) is 0 Å². The monoisotopic (exact) mass is 713 g/mol. The van der Waals surface area contributed by atoms with E-state index < -0.39 is 28.1 Å². The summed E-state index contributed by atoms with van der Waals surface area (Å²) in [4.78, 5) is 27.7. The van der Waals surface area contributed by atoms with E-state index in [4.69, 9.17) is 29.8 Å². The molecular formula is C35H54CoN2O6Si2. The van der Waals surface area contributed by atoms with Crippen molar-refractivity contribution in [3.63, 3.8) is 0 Å². The first-order valence-corrected chi connectivity index (χ1v) is 22.7. The van der Waals surface area contributed by atoms with Crippen molar-refractivity contribution in [1.29, 1.82) is 0 Å². The van der Waals surface area contributed by atoms with Crippen molar-refractivity contribution in [1.82, 2.24) is 0 Å². The summed E-state index contributed by atoms with van der Waals surface area (Å²) in [6.07, 6.45) is 6.82. The van der Waals surface area contributed by atoms with Crippen LogP contribution in [0.1, 0.15) is 94.9 Å². The first-order valence-electron chi connectivity index (χ1n) is 15.7. The molecule has 0 amide bonds. The molecule has 2 aromatic rings. The number of nitrogens with zero attached hydrogens (tertiary/aromatic N) is 2. The Balaban J connectivity index is 0.00000201. The van der Waals surface area contributed by atoms with Crippen LogP contribution in [0.4, 0.5) is 0 Å². The van der Waals surface area contributed by atoms with Gasteiger partial charge in [0.2, 0.25) is 0 Å². The second kappa shape index (κ2) is 18.6. The van der Waals surface area contributed by atoms with Crippen LogP contribution in [-0.2, 0) is 26.4 Å². The number of hydrogen-bond acceptors (Lipinski definition) is 8. The van der Waals surface area contributed by atoms with Crippen LogP contribution in [0.5, 0.6) is 11.5 Å². The molecule has 0 spiro atoms. The van der Waals surface area contributed by atoms with Crippen LogP contribution in [0.15, 0.2) is 34.3 Å². The van der Waals surface area contributed by atoms with E-state index in [2.05, 4.69) is 91.2 Å². The molecule has 257 valence electrons. The average molecular weight is 714 g/mol. The van der Waals surface area contributed by atoms with Gasteiger partial charge in [-0.3, -0.25) is 9.98 Å². The van der Waals surface area contributed by atoms with Crippen LogP contribution in [0.3, 0.4) is 0 Å². The van der Waals surface area contributed by atoms with Gasteiger partial charge in [-0.05, 0) is 56.1 Å². The van der Waals surface area contributed by atoms with E-state index in [0.717, 1.165) is 55.4 Å². The van der Waals surface area contributed by atoms with Gasteiger partial charge in [-0.15, -0.1) is 0 Å². The maximum Gasteiger partial charge on any atom is 2.00 e. The van der Waals surface area contributed by atoms with Crippen molar-refractivity contribution >= 4 is 50.9 Å². The Kier molecular flexibility index (Phi) is 17.5. The first kappa shape index (κ1) is 43.3. The zero-order valence-electron chi connectivity index (χ0n) is 29.7. The molecule has 1 radical (unpaired) electrons. The van der Waals surface area contributed by atoms with Crippen LogP contribution >= 0.6 is 0 Å². The number of carboxylic acid groups (broad SMARTS) is 2. The van der Waals surface area contributed by atoms with Gasteiger partial charge in [0.1, 0.15) is 11.5 Å². The molecule has 1 saturated carbocycles. The molecule has 11 heteroatoms. The minimum Gasteiger partial charge on any atom is -0.550 e. The quantitative estimate of drug-likeness (QED) is 0.307. The van der Waals surface area contributed by atoms with Gasteiger partial charge in [-0.2, -0.15) is 0 Å². The Morgan fingerprint density at radius 2 is 1.00 bits per heavy atom. The molecule has 0 heterocycles. The average Bonchev–Trinajstić information content (AvgIpc) is 3.32. The topological polar surface area (TPSA) is 145 Å². The minimum absolute atomic E-state index is 0. The second-order valence-electron chi connectivity index (χ2n) is 14.4. The van der Waals surface area contributed by atoms with E-state index in [1.807, 2.05) is 12.4 Å². The SMILES string of the molecule is CC(=O)[O-].CC(=O)[O-].CC(C)c1cc([Si](C)(C)C)cc(C=NC2CCCC2N=Cc2cc([Si](C)(C)C)cc(C(C)C)c2O)c1O.[Co+2]. The maximum atomic E-state index is 11.0. The second-order valence-corrected chi connectivity index (χ2v) is 24.6. The van der Waals surface area contributed by atoms with Gasteiger partial charge in [0, 0.05) is 35.5 Å². The molecule has 8 nitrogen and oxygen atoms in total. The molecule has 0 bridgehead atoms. The largest absolute Gasteiger partial charge is 2.00 e. The number of phenolic OH excluding ortho intramolecular Hbond substituents is 2. The van der Waals surface area contributed by atoms with Gasteiger partial charge < -0.3 is 30.0 Å². The van der Waals surface area contributed by atoms with Crippen LogP contribution in [0.25, 0.3) is 0 Å². The maximum absolute atomic E-state index is 11.0. The van der Waals surface area contributed by atoms with Gasteiger partial charge in [-0.25, -0.2) is 0 Å². The molecule has 1 aliphatic carbocycles. The normalized spacial score (nSPS) is 16.6. The summed E-state index contributed by atoms with van der Waals surface area (Å²) < 4.78 is 0. The van der Waals surface area contributed by atoms with E-state index >= 15 is 0 Å². The van der Waals surface area contributed by atoms with Crippen molar-refractivity contribution in [2.75, 3.05) is 0 Å². The Bertz CT molecular complexity index is 1270. The molecule has 2 unspecified atom stereocenters. The van der Waals surface area contributed by atoms with Crippen LogP contribution < -0.4 is 20.6 Å². The van der Waals surface area contributed by atoms with Crippen molar-refractivity contribution in [2.45, 2.75) is 124 Å². The Morgan fingerprint density at radius 1 is 0.717 bits per heavy atom. The molecular weight excluding hydrogens is 659 g/mol. The number of carbonyl (C=O) groups is 2. The summed E-state index contributed by atoms with van der Waals surface area (Å²) in [6.45, 7) is 24.5. The Hall–Kier alpha value is -2.74. The van der Waals surface area contributed by atoms with E-state index in [1.165, 1.54) is 10.4 Å². The fourth-order valence-electron chi connectivity index (χ4n) is 4.92. The fraction of sp³-hybridized carbons (Fsp3) is 0.543. The Morgan fingerprint density at radius 3 is 1.24 bits per heavy atom. The summed E-state index contributed by atoms with van der Waals surface area (Å²) in [6, 6.07) is 8.83. The van der Waals surface area contributed by atoms with Crippen molar-refractivity contribution in [3.8, 4) is 11.5 Å². The molecule has 2 N–H and O–H groups in total. The predicted molar refractivity (Wildman–Crippen MR) is 188 cm³/mol. The number of aliphatic carboxylic acids is 2.